The Labute approximate surface area is 112 Å². The zero-order chi connectivity index (χ0) is 13.2. The summed E-state index contributed by atoms with van der Waals surface area (Å²) in [7, 11) is 0. The van der Waals surface area contributed by atoms with Gasteiger partial charge >= 0.3 is 0 Å². The van der Waals surface area contributed by atoms with Crippen molar-refractivity contribution >= 4 is 21.6 Å². The fourth-order valence-electron chi connectivity index (χ4n) is 1.89. The first kappa shape index (κ1) is 12.0. The molecule has 1 atom stereocenters. The van der Waals surface area contributed by atoms with Gasteiger partial charge in [0.25, 0.3) is 5.56 Å². The molecule has 0 aliphatic rings. The third kappa shape index (κ3) is 2.27. The number of thiophene rings is 1. The van der Waals surface area contributed by atoms with E-state index in [2.05, 4.69) is 9.97 Å². The summed E-state index contributed by atoms with van der Waals surface area (Å²) < 4.78 is 1.42. The molecule has 0 amide bonds. The number of hydrogen-bond donors (Lipinski definition) is 1. The predicted octanol–water partition coefficient (Wildman–Crippen LogP) is 1.59. The van der Waals surface area contributed by atoms with Crippen LogP contribution < -0.4 is 5.56 Å². The Morgan fingerprint density at radius 3 is 3.11 bits per heavy atom. The number of aromatic nitrogens is 3. The van der Waals surface area contributed by atoms with Gasteiger partial charge < -0.3 is 5.11 Å². The van der Waals surface area contributed by atoms with Crippen LogP contribution in [-0.2, 0) is 6.54 Å². The van der Waals surface area contributed by atoms with Crippen LogP contribution in [0.4, 0.5) is 0 Å². The van der Waals surface area contributed by atoms with Crippen molar-refractivity contribution in [2.45, 2.75) is 12.6 Å². The van der Waals surface area contributed by atoms with Crippen molar-refractivity contribution in [2.24, 2.45) is 0 Å². The summed E-state index contributed by atoms with van der Waals surface area (Å²) in [5.41, 5.74) is 0.550. The minimum atomic E-state index is -0.774. The average Bonchev–Trinajstić information content (AvgIpc) is 2.92. The van der Waals surface area contributed by atoms with Crippen LogP contribution >= 0.6 is 11.3 Å². The second-order valence-electron chi connectivity index (χ2n) is 4.14. The molecule has 0 fully saturated rings. The van der Waals surface area contributed by atoms with Gasteiger partial charge in [0.2, 0.25) is 0 Å². The second kappa shape index (κ2) is 4.91. The molecule has 6 heteroatoms. The van der Waals surface area contributed by atoms with E-state index in [4.69, 9.17) is 0 Å². The van der Waals surface area contributed by atoms with Gasteiger partial charge in [-0.2, -0.15) is 0 Å². The van der Waals surface area contributed by atoms with Crippen LogP contribution in [0.3, 0.4) is 0 Å². The molecule has 3 heterocycles. The van der Waals surface area contributed by atoms with Gasteiger partial charge in [-0.15, -0.1) is 11.3 Å². The smallest absolute Gasteiger partial charge is 0.262 e. The molecule has 0 spiro atoms. The van der Waals surface area contributed by atoms with Crippen LogP contribution in [0.1, 0.15) is 11.7 Å². The lowest BCUT2D eigenvalue weighted by atomic mass is 10.1. The number of hydrogen-bond acceptors (Lipinski definition) is 5. The highest BCUT2D eigenvalue weighted by molar-refractivity contribution is 7.16. The largest absolute Gasteiger partial charge is 0.386 e. The maximum atomic E-state index is 12.2. The van der Waals surface area contributed by atoms with Crippen LogP contribution in [0.2, 0.25) is 0 Å². The van der Waals surface area contributed by atoms with Crippen LogP contribution in [0.5, 0.6) is 0 Å². The molecule has 0 saturated heterocycles. The molecule has 0 radical (unpaired) electrons. The highest BCUT2D eigenvalue weighted by atomic mass is 32.1. The summed E-state index contributed by atoms with van der Waals surface area (Å²) in [4.78, 5) is 21.0. The molecule has 0 aliphatic heterocycles. The Balaban J connectivity index is 1.93. The van der Waals surface area contributed by atoms with E-state index in [1.54, 1.807) is 30.6 Å². The van der Waals surface area contributed by atoms with Gasteiger partial charge in [-0.05, 0) is 17.5 Å². The number of pyridine rings is 1. The molecule has 3 aromatic heterocycles. The summed E-state index contributed by atoms with van der Waals surface area (Å²) in [6, 6.07) is 5.28. The molecule has 19 heavy (non-hydrogen) atoms. The number of fused-ring (bicyclic) bond motifs is 1. The lowest BCUT2D eigenvalue weighted by Gasteiger charge is -2.12. The first-order valence-corrected chi connectivity index (χ1v) is 6.64. The van der Waals surface area contributed by atoms with Crippen molar-refractivity contribution in [3.8, 4) is 0 Å². The van der Waals surface area contributed by atoms with Gasteiger partial charge in [-0.1, -0.05) is 6.07 Å². The number of nitrogens with zero attached hydrogens (tertiary/aromatic N) is 3. The van der Waals surface area contributed by atoms with Crippen molar-refractivity contribution in [3.63, 3.8) is 0 Å². The maximum absolute atomic E-state index is 12.2. The second-order valence-corrected chi connectivity index (χ2v) is 5.04. The molecule has 5 nitrogen and oxygen atoms in total. The van der Waals surface area contributed by atoms with E-state index < -0.39 is 6.10 Å². The van der Waals surface area contributed by atoms with Gasteiger partial charge in [0.15, 0.2) is 0 Å². The van der Waals surface area contributed by atoms with Crippen molar-refractivity contribution in [1.82, 2.24) is 14.5 Å². The van der Waals surface area contributed by atoms with E-state index in [-0.39, 0.29) is 12.1 Å². The average molecular weight is 273 g/mol. The third-order valence-corrected chi connectivity index (χ3v) is 3.71. The lowest BCUT2D eigenvalue weighted by Crippen LogP contribution is -2.23. The molecule has 96 valence electrons. The normalized spacial score (nSPS) is 12.7. The Morgan fingerprint density at radius 1 is 1.42 bits per heavy atom. The zero-order valence-electron chi connectivity index (χ0n) is 9.93. The minimum absolute atomic E-state index is 0.130. The Kier molecular flexibility index (Phi) is 3.10. The predicted molar refractivity (Wildman–Crippen MR) is 73.1 cm³/mol. The van der Waals surface area contributed by atoms with E-state index in [0.717, 1.165) is 4.83 Å². The van der Waals surface area contributed by atoms with E-state index in [1.807, 2.05) is 5.38 Å². The van der Waals surface area contributed by atoms with Crippen LogP contribution in [0.25, 0.3) is 10.2 Å². The Bertz CT molecular complexity index is 751. The summed E-state index contributed by atoms with van der Waals surface area (Å²) in [5.74, 6) is 0. The van der Waals surface area contributed by atoms with Crippen molar-refractivity contribution in [3.05, 3.63) is 58.2 Å². The summed E-state index contributed by atoms with van der Waals surface area (Å²) >= 11 is 1.43. The van der Waals surface area contributed by atoms with Gasteiger partial charge in [-0.3, -0.25) is 14.3 Å². The summed E-state index contributed by atoms with van der Waals surface area (Å²) in [6.45, 7) is 0.170. The molecule has 1 unspecified atom stereocenters. The standard InChI is InChI=1S/C13H11N3O2S/c17-11(9-2-1-4-14-6-9)7-16-8-15-12-10(13(16)18)3-5-19-12/h1-6,8,11,17H,7H2. The molecule has 3 rings (SSSR count). The van der Waals surface area contributed by atoms with Crippen molar-refractivity contribution in [2.75, 3.05) is 0 Å². The van der Waals surface area contributed by atoms with Crippen LogP contribution in [0.15, 0.2) is 47.1 Å². The first-order valence-electron chi connectivity index (χ1n) is 5.76. The molecule has 0 bridgehead atoms. The molecule has 3 aromatic rings. The molecule has 0 saturated carbocycles. The summed E-state index contributed by atoms with van der Waals surface area (Å²) in [6.07, 6.45) is 3.93. The van der Waals surface area contributed by atoms with E-state index in [9.17, 15) is 9.90 Å². The highest BCUT2D eigenvalue weighted by Gasteiger charge is 2.11. The maximum Gasteiger partial charge on any atom is 0.262 e. The third-order valence-electron chi connectivity index (χ3n) is 2.89. The highest BCUT2D eigenvalue weighted by Crippen LogP contribution is 2.15. The molecular formula is C13H11N3O2S. The number of aliphatic hydroxyl groups excluding tert-OH is 1. The quantitative estimate of drug-likeness (QED) is 0.787. The lowest BCUT2D eigenvalue weighted by molar-refractivity contribution is 0.154. The zero-order valence-corrected chi connectivity index (χ0v) is 10.7. The Hall–Kier alpha value is -2.05. The summed E-state index contributed by atoms with van der Waals surface area (Å²) in [5, 5.41) is 12.5. The molecule has 0 aliphatic carbocycles. The SMILES string of the molecule is O=c1c2ccsc2ncn1CC(O)c1cccnc1. The van der Waals surface area contributed by atoms with Gasteiger partial charge in [0.05, 0.1) is 24.4 Å². The molecular weight excluding hydrogens is 262 g/mol. The first-order chi connectivity index (χ1) is 9.25. The van der Waals surface area contributed by atoms with Gasteiger partial charge in [-0.25, -0.2) is 4.98 Å². The van der Waals surface area contributed by atoms with Gasteiger partial charge in [0.1, 0.15) is 4.83 Å². The van der Waals surface area contributed by atoms with E-state index >= 15 is 0 Å². The molecule has 1 N–H and O–H groups in total. The van der Waals surface area contributed by atoms with Crippen LogP contribution in [0, 0.1) is 0 Å². The number of rotatable bonds is 3. The monoisotopic (exact) mass is 273 g/mol. The fourth-order valence-corrected chi connectivity index (χ4v) is 2.61. The van der Waals surface area contributed by atoms with Crippen molar-refractivity contribution in [1.29, 1.82) is 0 Å². The van der Waals surface area contributed by atoms with Crippen molar-refractivity contribution < 1.29 is 5.11 Å². The van der Waals surface area contributed by atoms with Gasteiger partial charge in [0, 0.05) is 18.0 Å². The van der Waals surface area contributed by atoms with Crippen LogP contribution in [-0.4, -0.2) is 19.6 Å². The van der Waals surface area contributed by atoms with E-state index in [0.29, 0.717) is 10.9 Å². The minimum Gasteiger partial charge on any atom is -0.386 e. The van der Waals surface area contributed by atoms with E-state index in [1.165, 1.54) is 22.2 Å². The molecule has 0 aromatic carbocycles. The topological polar surface area (TPSA) is 68.0 Å². The Morgan fingerprint density at radius 2 is 2.32 bits per heavy atom. The fraction of sp³-hybridized carbons (Fsp3) is 0.154. The number of aliphatic hydroxyl groups is 1.